The summed E-state index contributed by atoms with van der Waals surface area (Å²) in [6.45, 7) is 0. The molecule has 22 heavy (non-hydrogen) atoms. The van der Waals surface area contributed by atoms with E-state index in [1.165, 1.54) is 25.2 Å². The van der Waals surface area contributed by atoms with Crippen LogP contribution < -0.4 is 10.5 Å². The van der Waals surface area contributed by atoms with E-state index in [-0.39, 0.29) is 25.4 Å². The molecular weight excluding hydrogens is 346 g/mol. The molecule has 1 atom stereocenters. The van der Waals surface area contributed by atoms with Crippen LogP contribution in [0.5, 0.6) is 0 Å². The van der Waals surface area contributed by atoms with Gasteiger partial charge in [-0.1, -0.05) is 29.8 Å². The topological polar surface area (TPSA) is 113 Å². The Bertz CT molecular complexity index is 911. The summed E-state index contributed by atoms with van der Waals surface area (Å²) in [6, 6.07) is 10.3. The molecule has 0 aliphatic rings. The Hall–Kier alpha value is -1.61. The Morgan fingerprint density at radius 3 is 2.23 bits per heavy atom. The van der Waals surface area contributed by atoms with Gasteiger partial charge in [0.05, 0.1) is 20.5 Å². The summed E-state index contributed by atoms with van der Waals surface area (Å²) < 4.78 is 47.0. The lowest BCUT2D eigenvalue weighted by molar-refractivity contribution is 0.588. The monoisotopic (exact) mass is 359 g/mol. The number of nitrogen functional groups attached to an aromatic ring is 1. The number of rotatable bonds is 4. The highest BCUT2D eigenvalue weighted by molar-refractivity contribution is 7.93. The van der Waals surface area contributed by atoms with Crippen molar-refractivity contribution in [3.05, 3.63) is 47.5 Å². The third-order valence-corrected chi connectivity index (χ3v) is 6.80. The highest BCUT2D eigenvalue weighted by atomic mass is 35.5. The van der Waals surface area contributed by atoms with Gasteiger partial charge in [-0.25, -0.2) is 22.1 Å². The highest BCUT2D eigenvalue weighted by Crippen LogP contribution is 2.33. The van der Waals surface area contributed by atoms with Gasteiger partial charge in [-0.3, -0.25) is 0 Å². The lowest BCUT2D eigenvalue weighted by Gasteiger charge is -2.14. The van der Waals surface area contributed by atoms with Gasteiger partial charge in [0, 0.05) is 0 Å². The number of hydrogen-bond donors (Lipinski definition) is 3. The molecule has 9 heteroatoms. The summed E-state index contributed by atoms with van der Waals surface area (Å²) in [5.41, 5.74) is 5.80. The average molecular weight is 360 g/mol. The molecule has 0 radical (unpaired) electrons. The maximum Gasteiger partial charge on any atom is 0.241 e. The minimum Gasteiger partial charge on any atom is -0.398 e. The number of hydrogen-bond acceptors (Lipinski definition) is 5. The van der Waals surface area contributed by atoms with Crippen LogP contribution in [-0.4, -0.2) is 19.7 Å². The molecule has 0 heterocycles. The van der Waals surface area contributed by atoms with Crippen molar-refractivity contribution in [1.29, 1.82) is 4.78 Å². The second-order valence-electron chi connectivity index (χ2n) is 4.40. The zero-order valence-corrected chi connectivity index (χ0v) is 13.9. The Balaban J connectivity index is 2.75. The van der Waals surface area contributed by atoms with Gasteiger partial charge in [-0.05, 0) is 31.3 Å². The van der Waals surface area contributed by atoms with Crippen LogP contribution in [0.25, 0.3) is 0 Å². The number of sulfonamides is 1. The van der Waals surface area contributed by atoms with E-state index in [4.69, 9.17) is 22.1 Å². The summed E-state index contributed by atoms with van der Waals surface area (Å²) in [5.74, 6) is 0. The number of anilines is 1. The minimum atomic E-state index is -3.86. The molecule has 2 aromatic rings. The third-order valence-electron chi connectivity index (χ3n) is 3.01. The van der Waals surface area contributed by atoms with Crippen LogP contribution in [0.1, 0.15) is 0 Å². The van der Waals surface area contributed by atoms with Crippen molar-refractivity contribution in [1.82, 2.24) is 4.72 Å². The number of nitrogens with one attached hydrogen (secondary N) is 2. The molecule has 118 valence electrons. The standard InChI is InChI=1S/C13H14ClN3O3S2/c1-17-22(19,20)12-8-13(11(15)7-10(12)14)21(16,18)9-5-3-2-4-6-9/h2-8,16-17H,15H2,1H3. The Labute approximate surface area is 134 Å². The van der Waals surface area contributed by atoms with Gasteiger partial charge in [-0.15, -0.1) is 0 Å². The van der Waals surface area contributed by atoms with E-state index in [0.717, 1.165) is 6.07 Å². The molecule has 4 N–H and O–H groups in total. The van der Waals surface area contributed by atoms with Gasteiger partial charge in [0.2, 0.25) is 10.0 Å². The Morgan fingerprint density at radius 2 is 1.68 bits per heavy atom. The first-order valence-corrected chi connectivity index (χ1v) is 9.48. The normalized spacial score (nSPS) is 14.5. The van der Waals surface area contributed by atoms with E-state index in [1.807, 2.05) is 0 Å². The van der Waals surface area contributed by atoms with E-state index in [1.54, 1.807) is 18.2 Å². The molecule has 0 saturated carbocycles. The first kappa shape index (κ1) is 16.8. The first-order valence-electron chi connectivity index (χ1n) is 6.06. The van der Waals surface area contributed by atoms with Crippen LogP contribution >= 0.6 is 11.6 Å². The van der Waals surface area contributed by atoms with Crippen molar-refractivity contribution in [2.75, 3.05) is 12.8 Å². The second-order valence-corrected chi connectivity index (χ2v) is 8.68. The van der Waals surface area contributed by atoms with Gasteiger partial charge < -0.3 is 5.73 Å². The molecule has 0 aliphatic carbocycles. The SMILES string of the molecule is CNS(=O)(=O)c1cc(S(=N)(=O)c2ccccc2)c(N)cc1Cl. The van der Waals surface area contributed by atoms with E-state index in [2.05, 4.69) is 4.72 Å². The zero-order chi connectivity index (χ0) is 16.5. The van der Waals surface area contributed by atoms with Crippen LogP contribution in [0.4, 0.5) is 5.69 Å². The van der Waals surface area contributed by atoms with Gasteiger partial charge in [0.15, 0.2) is 0 Å². The quantitative estimate of drug-likeness (QED) is 0.726. The Kier molecular flexibility index (Phi) is 4.48. The lowest BCUT2D eigenvalue weighted by Crippen LogP contribution is -2.19. The van der Waals surface area contributed by atoms with Crippen molar-refractivity contribution in [3.8, 4) is 0 Å². The van der Waals surface area contributed by atoms with Gasteiger partial charge in [0.1, 0.15) is 14.6 Å². The molecular formula is C13H14ClN3O3S2. The molecule has 0 fully saturated rings. The highest BCUT2D eigenvalue weighted by Gasteiger charge is 2.23. The summed E-state index contributed by atoms with van der Waals surface area (Å²) in [5, 5.41) is -0.0983. The molecule has 0 spiro atoms. The second kappa shape index (κ2) is 5.88. The summed E-state index contributed by atoms with van der Waals surface area (Å²) >= 11 is 5.91. The number of halogens is 1. The predicted molar refractivity (Wildman–Crippen MR) is 85.9 cm³/mol. The summed E-state index contributed by atoms with van der Waals surface area (Å²) in [7, 11) is -6.08. The minimum absolute atomic E-state index is 0.00362. The molecule has 2 aromatic carbocycles. The third kappa shape index (κ3) is 2.95. The van der Waals surface area contributed by atoms with Crippen molar-refractivity contribution in [2.45, 2.75) is 14.7 Å². The molecule has 0 aliphatic heterocycles. The van der Waals surface area contributed by atoms with Crippen LogP contribution in [-0.2, 0) is 19.8 Å². The van der Waals surface area contributed by atoms with E-state index < -0.39 is 19.8 Å². The first-order chi connectivity index (χ1) is 10.2. The molecule has 0 amide bonds. The predicted octanol–water partition coefficient (Wildman–Crippen LogP) is 2.30. The largest absolute Gasteiger partial charge is 0.398 e. The van der Waals surface area contributed by atoms with Crippen LogP contribution in [0.3, 0.4) is 0 Å². The van der Waals surface area contributed by atoms with E-state index in [0.29, 0.717) is 0 Å². The fraction of sp³-hybridized carbons (Fsp3) is 0.0769. The van der Waals surface area contributed by atoms with E-state index in [9.17, 15) is 12.6 Å². The van der Waals surface area contributed by atoms with Crippen LogP contribution in [0, 0.1) is 4.78 Å². The molecule has 0 saturated heterocycles. The fourth-order valence-electron chi connectivity index (χ4n) is 1.85. The maximum absolute atomic E-state index is 12.8. The smallest absolute Gasteiger partial charge is 0.241 e. The maximum atomic E-state index is 12.8. The zero-order valence-electron chi connectivity index (χ0n) is 11.5. The van der Waals surface area contributed by atoms with Crippen LogP contribution in [0.15, 0.2) is 57.2 Å². The van der Waals surface area contributed by atoms with Crippen LogP contribution in [0.2, 0.25) is 5.02 Å². The fourth-order valence-corrected chi connectivity index (χ4v) is 4.68. The van der Waals surface area contributed by atoms with E-state index >= 15 is 0 Å². The van der Waals surface area contributed by atoms with Crippen molar-refractivity contribution in [3.63, 3.8) is 0 Å². The average Bonchev–Trinajstić information content (AvgIpc) is 2.47. The van der Waals surface area contributed by atoms with Gasteiger partial charge >= 0.3 is 0 Å². The van der Waals surface area contributed by atoms with Crippen molar-refractivity contribution in [2.24, 2.45) is 0 Å². The Morgan fingerprint density at radius 1 is 1.09 bits per heavy atom. The summed E-state index contributed by atoms with van der Waals surface area (Å²) in [4.78, 5) is -0.120. The molecule has 1 unspecified atom stereocenters. The van der Waals surface area contributed by atoms with Crippen molar-refractivity contribution >= 4 is 37.0 Å². The number of nitrogens with two attached hydrogens (primary N) is 1. The summed E-state index contributed by atoms with van der Waals surface area (Å²) in [6.07, 6.45) is 0. The van der Waals surface area contributed by atoms with Gasteiger partial charge in [0.25, 0.3) is 0 Å². The molecule has 2 rings (SSSR count). The van der Waals surface area contributed by atoms with Gasteiger partial charge in [-0.2, -0.15) is 0 Å². The lowest BCUT2D eigenvalue weighted by atomic mass is 10.3. The molecule has 6 nitrogen and oxygen atoms in total. The van der Waals surface area contributed by atoms with Crippen molar-refractivity contribution < 1.29 is 12.6 Å². The molecule has 0 bridgehead atoms. The number of benzene rings is 2. The molecule has 0 aromatic heterocycles.